The third-order valence-corrected chi connectivity index (χ3v) is 5.16. The fourth-order valence-corrected chi connectivity index (χ4v) is 4.19. The summed E-state index contributed by atoms with van der Waals surface area (Å²) in [6.45, 7) is 2.32. The van der Waals surface area contributed by atoms with Crippen LogP contribution in [0.25, 0.3) is 0 Å². The molecule has 1 aliphatic heterocycles. The Bertz CT molecular complexity index is 380. The number of halogens is 1. The molecule has 94 valence electrons. The highest BCUT2D eigenvalue weighted by Crippen LogP contribution is 2.49. The van der Waals surface area contributed by atoms with Gasteiger partial charge in [0.2, 0.25) is 0 Å². The van der Waals surface area contributed by atoms with Crippen LogP contribution in [0.3, 0.4) is 0 Å². The highest BCUT2D eigenvalue weighted by Gasteiger charge is 2.34. The highest BCUT2D eigenvalue weighted by atomic mass is 35.5. The van der Waals surface area contributed by atoms with Crippen molar-refractivity contribution in [2.45, 2.75) is 30.9 Å². The first-order valence-electron chi connectivity index (χ1n) is 6.07. The van der Waals surface area contributed by atoms with E-state index < -0.39 is 0 Å². The van der Waals surface area contributed by atoms with Gasteiger partial charge in [0.25, 0.3) is 0 Å². The van der Waals surface area contributed by atoms with E-state index in [1.54, 1.807) is 7.11 Å². The zero-order chi connectivity index (χ0) is 12.3. The molecule has 1 aromatic carbocycles. The quantitative estimate of drug-likeness (QED) is 0.758. The van der Waals surface area contributed by atoms with Crippen LogP contribution in [0.4, 0.5) is 0 Å². The fourth-order valence-electron chi connectivity index (χ4n) is 2.61. The summed E-state index contributed by atoms with van der Waals surface area (Å²) in [5.74, 6) is 2.96. The second kappa shape index (κ2) is 5.53. The van der Waals surface area contributed by atoms with Crippen molar-refractivity contribution in [2.24, 2.45) is 0 Å². The van der Waals surface area contributed by atoms with Crippen LogP contribution in [-0.4, -0.2) is 18.7 Å². The van der Waals surface area contributed by atoms with Crippen LogP contribution in [0.15, 0.2) is 18.2 Å². The standard InChI is InChI=1S/C14H19ClOS/c1-14(8-4-9-15)13-11(7-10-17-14)5-3-6-12(13)16-2/h3,5-6H,4,7-10H2,1-2H3. The average Bonchev–Trinajstić information content (AvgIpc) is 2.36. The number of hydrogen-bond donors (Lipinski definition) is 0. The summed E-state index contributed by atoms with van der Waals surface area (Å²) in [6.07, 6.45) is 3.32. The summed E-state index contributed by atoms with van der Waals surface area (Å²) in [5, 5.41) is 0. The van der Waals surface area contributed by atoms with E-state index in [4.69, 9.17) is 16.3 Å². The molecule has 0 bridgehead atoms. The topological polar surface area (TPSA) is 9.23 Å². The Hall–Kier alpha value is -0.340. The predicted octanol–water partition coefficient (Wildman–Crippen LogP) is 4.22. The average molecular weight is 271 g/mol. The maximum atomic E-state index is 5.84. The first-order valence-corrected chi connectivity index (χ1v) is 7.59. The van der Waals surface area contributed by atoms with E-state index in [0.29, 0.717) is 0 Å². The number of thioether (sulfide) groups is 1. The van der Waals surface area contributed by atoms with Gasteiger partial charge < -0.3 is 4.74 Å². The van der Waals surface area contributed by atoms with Gasteiger partial charge >= 0.3 is 0 Å². The molecular formula is C14H19ClOS. The SMILES string of the molecule is COc1cccc2c1C(C)(CCCCl)SCC2. The highest BCUT2D eigenvalue weighted by molar-refractivity contribution is 8.00. The number of benzene rings is 1. The van der Waals surface area contributed by atoms with E-state index in [1.807, 2.05) is 11.8 Å². The van der Waals surface area contributed by atoms with E-state index in [1.165, 1.54) is 16.9 Å². The van der Waals surface area contributed by atoms with Crippen molar-refractivity contribution in [1.29, 1.82) is 0 Å². The number of aryl methyl sites for hydroxylation is 1. The minimum Gasteiger partial charge on any atom is -0.496 e. The van der Waals surface area contributed by atoms with E-state index in [9.17, 15) is 0 Å². The summed E-state index contributed by atoms with van der Waals surface area (Å²) >= 11 is 7.88. The van der Waals surface area contributed by atoms with Crippen LogP contribution < -0.4 is 4.74 Å². The van der Waals surface area contributed by atoms with Gasteiger partial charge in [-0.1, -0.05) is 12.1 Å². The number of fused-ring (bicyclic) bond motifs is 1. The summed E-state index contributed by atoms with van der Waals surface area (Å²) < 4.78 is 5.70. The lowest BCUT2D eigenvalue weighted by molar-refractivity contribution is 0.400. The molecule has 0 spiro atoms. The lowest BCUT2D eigenvalue weighted by atomic mass is 9.88. The van der Waals surface area contributed by atoms with E-state index in [2.05, 4.69) is 25.1 Å². The van der Waals surface area contributed by atoms with Crippen LogP contribution in [-0.2, 0) is 11.2 Å². The molecule has 0 fully saturated rings. The van der Waals surface area contributed by atoms with Gasteiger partial charge in [-0.15, -0.1) is 11.6 Å². The van der Waals surface area contributed by atoms with Gasteiger partial charge in [0.05, 0.1) is 7.11 Å². The molecule has 1 heterocycles. The molecule has 0 amide bonds. The summed E-state index contributed by atoms with van der Waals surface area (Å²) in [4.78, 5) is 0. The Morgan fingerprint density at radius 3 is 3.00 bits per heavy atom. The van der Waals surface area contributed by atoms with E-state index >= 15 is 0 Å². The van der Waals surface area contributed by atoms with Crippen LogP contribution in [0, 0.1) is 0 Å². The molecule has 1 atom stereocenters. The largest absolute Gasteiger partial charge is 0.496 e. The smallest absolute Gasteiger partial charge is 0.123 e. The first kappa shape index (κ1) is 13.1. The molecule has 0 saturated heterocycles. The molecule has 1 nitrogen and oxygen atoms in total. The van der Waals surface area contributed by atoms with Gasteiger partial charge in [0.1, 0.15) is 5.75 Å². The van der Waals surface area contributed by atoms with Crippen molar-refractivity contribution in [3.05, 3.63) is 29.3 Å². The molecule has 0 N–H and O–H groups in total. The Morgan fingerprint density at radius 1 is 1.47 bits per heavy atom. The molecular weight excluding hydrogens is 252 g/mol. The number of methoxy groups -OCH3 is 1. The van der Waals surface area contributed by atoms with Gasteiger partial charge in [-0.05, 0) is 43.6 Å². The fraction of sp³-hybridized carbons (Fsp3) is 0.571. The number of ether oxygens (including phenoxy) is 1. The molecule has 1 aromatic rings. The molecule has 0 saturated carbocycles. The lowest BCUT2D eigenvalue weighted by Gasteiger charge is -2.36. The predicted molar refractivity (Wildman–Crippen MR) is 76.5 cm³/mol. The molecule has 1 aliphatic rings. The summed E-state index contributed by atoms with van der Waals surface area (Å²) in [6, 6.07) is 6.40. The van der Waals surface area contributed by atoms with Crippen LogP contribution in [0.2, 0.25) is 0 Å². The van der Waals surface area contributed by atoms with Crippen LogP contribution >= 0.6 is 23.4 Å². The van der Waals surface area contributed by atoms with Crippen molar-refractivity contribution in [2.75, 3.05) is 18.7 Å². The first-order chi connectivity index (χ1) is 8.21. The molecule has 0 aromatic heterocycles. The zero-order valence-corrected chi connectivity index (χ0v) is 12.0. The van der Waals surface area contributed by atoms with Gasteiger partial charge in [0, 0.05) is 16.2 Å². The van der Waals surface area contributed by atoms with Crippen molar-refractivity contribution < 1.29 is 4.74 Å². The minimum atomic E-state index is 0.162. The normalized spacial score (nSPS) is 23.2. The van der Waals surface area contributed by atoms with Crippen molar-refractivity contribution >= 4 is 23.4 Å². The minimum absolute atomic E-state index is 0.162. The van der Waals surface area contributed by atoms with E-state index in [-0.39, 0.29) is 4.75 Å². The molecule has 3 heteroatoms. The van der Waals surface area contributed by atoms with Crippen LogP contribution in [0.5, 0.6) is 5.75 Å². The zero-order valence-electron chi connectivity index (χ0n) is 10.5. The second-order valence-electron chi connectivity index (χ2n) is 4.62. The summed E-state index contributed by atoms with van der Waals surface area (Å²) in [5.41, 5.74) is 2.84. The maximum absolute atomic E-state index is 5.84. The van der Waals surface area contributed by atoms with E-state index in [0.717, 1.165) is 30.9 Å². The molecule has 0 radical (unpaired) electrons. The Balaban J connectivity index is 2.41. The number of hydrogen-bond acceptors (Lipinski definition) is 2. The Kier molecular flexibility index (Phi) is 4.26. The van der Waals surface area contributed by atoms with Crippen molar-refractivity contribution in [3.8, 4) is 5.75 Å². The number of rotatable bonds is 4. The Labute approximate surface area is 113 Å². The lowest BCUT2D eigenvalue weighted by Crippen LogP contribution is -2.25. The van der Waals surface area contributed by atoms with Crippen LogP contribution in [0.1, 0.15) is 30.9 Å². The monoisotopic (exact) mass is 270 g/mol. The third kappa shape index (κ3) is 2.58. The molecule has 1 unspecified atom stereocenters. The molecule has 0 aliphatic carbocycles. The summed E-state index contributed by atoms with van der Waals surface area (Å²) in [7, 11) is 1.76. The van der Waals surface area contributed by atoms with Gasteiger partial charge in [0.15, 0.2) is 0 Å². The van der Waals surface area contributed by atoms with Gasteiger partial charge in [-0.2, -0.15) is 11.8 Å². The number of alkyl halides is 1. The van der Waals surface area contributed by atoms with Gasteiger partial charge in [-0.25, -0.2) is 0 Å². The van der Waals surface area contributed by atoms with Gasteiger partial charge in [-0.3, -0.25) is 0 Å². The Morgan fingerprint density at radius 2 is 2.29 bits per heavy atom. The second-order valence-corrected chi connectivity index (χ2v) is 6.59. The molecule has 17 heavy (non-hydrogen) atoms. The maximum Gasteiger partial charge on any atom is 0.123 e. The third-order valence-electron chi connectivity index (χ3n) is 3.44. The van der Waals surface area contributed by atoms with Crippen molar-refractivity contribution in [3.63, 3.8) is 0 Å². The van der Waals surface area contributed by atoms with Crippen molar-refractivity contribution in [1.82, 2.24) is 0 Å². The molecule has 2 rings (SSSR count).